The second kappa shape index (κ2) is 8.96. The topological polar surface area (TPSA) is 30.7 Å². The van der Waals surface area contributed by atoms with Crippen molar-refractivity contribution in [2.45, 2.75) is 0 Å². The number of thiophene rings is 1. The molecule has 0 bridgehead atoms. The highest BCUT2D eigenvalue weighted by molar-refractivity contribution is 7.27. The first-order chi connectivity index (χ1) is 24.8. The van der Waals surface area contributed by atoms with Crippen LogP contribution < -0.4 is 0 Å². The number of fused-ring (bicyclic) bond motifs is 13. The minimum Gasteiger partial charge on any atom is -0.277 e. The van der Waals surface area contributed by atoms with E-state index in [0.29, 0.717) is 5.95 Å². The van der Waals surface area contributed by atoms with Crippen molar-refractivity contribution in [1.29, 1.82) is 0 Å². The van der Waals surface area contributed by atoms with Crippen LogP contribution in [0, 0.1) is 0 Å². The molecule has 10 aromatic rings. The number of hydrogen-bond donors (Lipinski definition) is 0. The van der Waals surface area contributed by atoms with Crippen molar-refractivity contribution in [3.8, 4) is 17.2 Å². The van der Waals surface area contributed by atoms with Crippen molar-refractivity contribution in [1.82, 2.24) is 14.5 Å². The summed E-state index contributed by atoms with van der Waals surface area (Å²) in [7, 11) is 0. The third-order valence-electron chi connectivity index (χ3n) is 8.55. The fraction of sp³-hybridized carbons (Fsp3) is 0. The highest BCUT2D eigenvalue weighted by atomic mass is 32.1. The maximum atomic E-state index is 8.95. The molecule has 10 rings (SSSR count). The smallest absolute Gasteiger partial charge is 0.235 e. The minimum absolute atomic E-state index is 0.0120. The van der Waals surface area contributed by atoms with E-state index >= 15 is 0 Å². The summed E-state index contributed by atoms with van der Waals surface area (Å²) in [4.78, 5) is 9.79. The average Bonchev–Trinajstić information content (AvgIpc) is 3.72. The molecular weight excluding hydrogens is 555 g/mol. The first-order valence-electron chi connectivity index (χ1n) is 17.8. The van der Waals surface area contributed by atoms with Gasteiger partial charge in [-0.2, -0.15) is 0 Å². The lowest BCUT2D eigenvalue weighted by atomic mass is 9.95. The lowest BCUT2D eigenvalue weighted by molar-refractivity contribution is 0.995. The first kappa shape index (κ1) is 18.2. The summed E-state index contributed by atoms with van der Waals surface area (Å²) in [6, 6.07) is 28.0. The van der Waals surface area contributed by atoms with Crippen molar-refractivity contribution >= 4 is 85.6 Å². The molecule has 3 aromatic heterocycles. The van der Waals surface area contributed by atoms with Gasteiger partial charge in [-0.3, -0.25) is 4.57 Å². The van der Waals surface area contributed by atoms with Crippen LogP contribution in [0.2, 0.25) is 0 Å². The number of aromatic nitrogens is 3. The van der Waals surface area contributed by atoms with Gasteiger partial charge in [-0.15, -0.1) is 11.3 Å². The normalized spacial score (nSPS) is 14.3. The van der Waals surface area contributed by atoms with Crippen LogP contribution in [-0.2, 0) is 0 Å². The van der Waals surface area contributed by atoms with E-state index in [1.54, 1.807) is 23.6 Å². The van der Waals surface area contributed by atoms with Crippen LogP contribution in [0.1, 0.15) is 9.60 Å². The van der Waals surface area contributed by atoms with E-state index in [2.05, 4.69) is 66.7 Å². The summed E-state index contributed by atoms with van der Waals surface area (Å²) in [6.45, 7) is 0. The molecule has 0 aliphatic heterocycles. The van der Waals surface area contributed by atoms with E-state index < -0.39 is 30.2 Å². The molecular formula is C40H23N3S. The van der Waals surface area contributed by atoms with Gasteiger partial charge in [0.15, 0.2) is 0 Å². The van der Waals surface area contributed by atoms with E-state index in [0.717, 1.165) is 43.4 Å². The van der Waals surface area contributed by atoms with Crippen molar-refractivity contribution in [3.63, 3.8) is 0 Å². The number of para-hydroxylation sites is 1. The van der Waals surface area contributed by atoms with Gasteiger partial charge >= 0.3 is 0 Å². The molecule has 0 aliphatic carbocycles. The van der Waals surface area contributed by atoms with Gasteiger partial charge in [0, 0.05) is 53.5 Å². The largest absolute Gasteiger partial charge is 0.277 e. The molecule has 0 spiro atoms. The highest BCUT2D eigenvalue weighted by Crippen LogP contribution is 2.47. The lowest BCUT2D eigenvalue weighted by Gasteiger charge is -2.13. The van der Waals surface area contributed by atoms with Crippen LogP contribution in [0.15, 0.2) is 139 Å². The van der Waals surface area contributed by atoms with Gasteiger partial charge in [0.25, 0.3) is 0 Å². The van der Waals surface area contributed by atoms with Gasteiger partial charge in [0.2, 0.25) is 5.95 Å². The Bertz CT molecular complexity index is 3180. The molecule has 0 fully saturated rings. The monoisotopic (exact) mass is 584 g/mol. The summed E-state index contributed by atoms with van der Waals surface area (Å²) in [5.41, 5.74) is 2.07. The van der Waals surface area contributed by atoms with Gasteiger partial charge in [0.05, 0.1) is 26.3 Å². The molecule has 0 N–H and O–H groups in total. The van der Waals surface area contributed by atoms with E-state index in [9.17, 15) is 0 Å². The fourth-order valence-corrected chi connectivity index (χ4v) is 8.00. The predicted molar refractivity (Wildman–Crippen MR) is 187 cm³/mol. The third kappa shape index (κ3) is 3.20. The standard InChI is InChI=1S/C40H23N3S/c1-2-12-25-24(10-1)11-9-17-26(25)33-22-23-41-40(42-33)43-34-18-7-5-13-27(34)29-20-21-32-36(38(29)43)28-14-3-4-15-30(28)39-37(32)31-16-6-8-19-35(31)44-39/h1-23H/i1D,2D,9D,10D,11D,12D,17D. The van der Waals surface area contributed by atoms with E-state index in [1.165, 1.54) is 20.2 Å². The van der Waals surface area contributed by atoms with Crippen molar-refractivity contribution < 1.29 is 9.60 Å². The van der Waals surface area contributed by atoms with Gasteiger partial charge in [-0.1, -0.05) is 115 Å². The zero-order chi connectivity index (χ0) is 34.9. The lowest BCUT2D eigenvalue weighted by Crippen LogP contribution is -2.02. The highest BCUT2D eigenvalue weighted by Gasteiger charge is 2.21. The van der Waals surface area contributed by atoms with Crippen LogP contribution in [0.25, 0.3) is 91.5 Å². The summed E-state index contributed by atoms with van der Waals surface area (Å²) in [5.74, 6) is 0.306. The van der Waals surface area contributed by atoms with Gasteiger partial charge < -0.3 is 0 Å². The van der Waals surface area contributed by atoms with Crippen LogP contribution in [0.5, 0.6) is 0 Å². The predicted octanol–water partition coefficient (Wildman–Crippen LogP) is 11.1. The summed E-state index contributed by atoms with van der Waals surface area (Å²) in [5, 5.41) is 8.69. The summed E-state index contributed by atoms with van der Waals surface area (Å²) in [6.07, 6.45) is 1.57. The molecule has 3 nitrogen and oxygen atoms in total. The Morgan fingerprint density at radius 3 is 2.27 bits per heavy atom. The van der Waals surface area contributed by atoms with Crippen molar-refractivity contribution in [2.24, 2.45) is 0 Å². The summed E-state index contributed by atoms with van der Waals surface area (Å²) < 4.78 is 64.6. The van der Waals surface area contributed by atoms with E-state index in [1.807, 2.05) is 22.8 Å². The molecule has 0 saturated heterocycles. The SMILES string of the molecule is [2H]c1c([2H])c([2H])c2c(-c3ccnc(-n4c5ccccc5c5ccc6c7c8ccccc8sc7c7ccccc7c6c54)n3)c([2H])c([2H])c([2H])c2c1[2H]. The van der Waals surface area contributed by atoms with Crippen LogP contribution >= 0.6 is 11.3 Å². The van der Waals surface area contributed by atoms with Crippen LogP contribution in [0.3, 0.4) is 0 Å². The number of nitrogens with zero attached hydrogens (tertiary/aromatic N) is 3. The molecule has 7 aromatic carbocycles. The Labute approximate surface area is 266 Å². The van der Waals surface area contributed by atoms with Gasteiger partial charge in [-0.05, 0) is 39.7 Å². The maximum absolute atomic E-state index is 8.95. The van der Waals surface area contributed by atoms with Gasteiger partial charge in [-0.25, -0.2) is 9.97 Å². The Hall–Kier alpha value is -5.58. The van der Waals surface area contributed by atoms with Gasteiger partial charge in [0.1, 0.15) is 0 Å². The minimum atomic E-state index is -0.496. The van der Waals surface area contributed by atoms with Crippen LogP contribution in [-0.4, -0.2) is 14.5 Å². The Morgan fingerprint density at radius 1 is 0.591 bits per heavy atom. The molecule has 4 heteroatoms. The molecule has 0 amide bonds. The zero-order valence-electron chi connectivity index (χ0n) is 30.0. The number of rotatable bonds is 2. The second-order valence-electron chi connectivity index (χ2n) is 10.8. The molecule has 0 radical (unpaired) electrons. The molecule has 0 atom stereocenters. The first-order valence-corrected chi connectivity index (χ1v) is 15.1. The Morgan fingerprint density at radius 2 is 1.34 bits per heavy atom. The fourth-order valence-electron chi connectivity index (χ4n) is 6.75. The Kier molecular flexibility index (Phi) is 3.70. The molecule has 204 valence electrons. The van der Waals surface area contributed by atoms with E-state index in [-0.39, 0.29) is 34.1 Å². The molecule has 3 heterocycles. The average molecular weight is 585 g/mol. The maximum Gasteiger partial charge on any atom is 0.235 e. The van der Waals surface area contributed by atoms with E-state index in [4.69, 9.17) is 19.6 Å². The summed E-state index contributed by atoms with van der Waals surface area (Å²) >= 11 is 1.79. The zero-order valence-corrected chi connectivity index (χ0v) is 23.8. The quantitative estimate of drug-likeness (QED) is 0.189. The molecule has 44 heavy (non-hydrogen) atoms. The molecule has 0 unspecified atom stereocenters. The number of benzene rings is 7. The molecule has 0 saturated carbocycles. The third-order valence-corrected chi connectivity index (χ3v) is 9.76. The van der Waals surface area contributed by atoms with Crippen molar-refractivity contribution in [3.05, 3.63) is 139 Å². The number of hydrogen-bond acceptors (Lipinski definition) is 3. The van der Waals surface area contributed by atoms with Crippen molar-refractivity contribution in [2.75, 3.05) is 0 Å². The van der Waals surface area contributed by atoms with Crippen LogP contribution in [0.4, 0.5) is 0 Å². The molecule has 0 aliphatic rings. The second-order valence-corrected chi connectivity index (χ2v) is 11.9. The Balaban J connectivity index is 1.38.